The summed E-state index contributed by atoms with van der Waals surface area (Å²) in [6.45, 7) is 5.35. The van der Waals surface area contributed by atoms with Crippen LogP contribution in [0.2, 0.25) is 5.02 Å². The van der Waals surface area contributed by atoms with Crippen LogP contribution in [-0.4, -0.2) is 45.6 Å². The van der Waals surface area contributed by atoms with Crippen LogP contribution < -0.4 is 21.1 Å². The number of nitrogens with zero attached hydrogens (tertiary/aromatic N) is 4. The van der Waals surface area contributed by atoms with Crippen LogP contribution in [0.1, 0.15) is 69.4 Å². The van der Waals surface area contributed by atoms with E-state index in [2.05, 4.69) is 44.8 Å². The zero-order chi connectivity index (χ0) is 27.9. The SMILES string of the molecule is Cc1cc(Nc2ncc(Cl)c(Nc3cn(C)nc3S(=O)(=O)C(C)C)n2)c(OC2CC2)cc1C1CCC(N)CC1. The average molecular weight is 574 g/mol. The first kappa shape index (κ1) is 27.7. The van der Waals surface area contributed by atoms with Crippen molar-refractivity contribution in [3.63, 3.8) is 0 Å². The first-order valence-corrected chi connectivity index (χ1v) is 15.3. The summed E-state index contributed by atoms with van der Waals surface area (Å²) in [7, 11) is -1.97. The molecular weight excluding hydrogens is 538 g/mol. The van der Waals surface area contributed by atoms with E-state index in [4.69, 9.17) is 22.1 Å². The van der Waals surface area contributed by atoms with Gasteiger partial charge in [0.1, 0.15) is 10.8 Å². The van der Waals surface area contributed by atoms with E-state index >= 15 is 0 Å². The van der Waals surface area contributed by atoms with Gasteiger partial charge < -0.3 is 21.1 Å². The lowest BCUT2D eigenvalue weighted by Crippen LogP contribution is -2.26. The minimum Gasteiger partial charge on any atom is -0.488 e. The molecule has 39 heavy (non-hydrogen) atoms. The zero-order valence-corrected chi connectivity index (χ0v) is 24.3. The summed E-state index contributed by atoms with van der Waals surface area (Å²) in [5, 5.41) is 10.1. The van der Waals surface area contributed by atoms with E-state index in [0.29, 0.717) is 23.6 Å². The number of benzene rings is 1. The van der Waals surface area contributed by atoms with Crippen LogP contribution in [0.5, 0.6) is 5.75 Å². The molecule has 2 heterocycles. The molecule has 2 aliphatic rings. The predicted octanol–water partition coefficient (Wildman–Crippen LogP) is 5.37. The van der Waals surface area contributed by atoms with Gasteiger partial charge in [-0.1, -0.05) is 11.6 Å². The normalized spacial score (nSPS) is 19.8. The fourth-order valence-electron chi connectivity index (χ4n) is 4.88. The number of nitrogens with one attached hydrogen (secondary N) is 2. The third-order valence-electron chi connectivity index (χ3n) is 7.33. The number of aryl methyl sites for hydroxylation is 2. The number of halogens is 1. The Morgan fingerprint density at radius 2 is 1.82 bits per heavy atom. The second-order valence-corrected chi connectivity index (χ2v) is 13.7. The van der Waals surface area contributed by atoms with Gasteiger partial charge >= 0.3 is 0 Å². The van der Waals surface area contributed by atoms with Crippen LogP contribution in [0.4, 0.5) is 23.1 Å². The number of rotatable bonds is 9. The van der Waals surface area contributed by atoms with Gasteiger partial charge in [0.05, 0.1) is 28.9 Å². The molecule has 2 saturated carbocycles. The van der Waals surface area contributed by atoms with Crippen LogP contribution in [0.3, 0.4) is 0 Å². The molecule has 0 bridgehead atoms. The highest BCUT2D eigenvalue weighted by atomic mass is 35.5. The number of ether oxygens (including phenoxy) is 1. The van der Waals surface area contributed by atoms with Crippen molar-refractivity contribution in [2.45, 2.75) is 87.6 Å². The molecule has 0 spiro atoms. The Morgan fingerprint density at radius 3 is 2.49 bits per heavy atom. The van der Waals surface area contributed by atoms with Crippen LogP contribution in [0.25, 0.3) is 0 Å². The van der Waals surface area contributed by atoms with Crippen molar-refractivity contribution >= 4 is 44.6 Å². The fraction of sp³-hybridized carbons (Fsp3) is 0.519. The Bertz CT molecular complexity index is 1460. The first-order valence-electron chi connectivity index (χ1n) is 13.4. The second kappa shape index (κ2) is 10.9. The summed E-state index contributed by atoms with van der Waals surface area (Å²) in [5.41, 5.74) is 9.69. The van der Waals surface area contributed by atoms with Gasteiger partial charge in [-0.05, 0) is 88.5 Å². The minimum atomic E-state index is -3.63. The van der Waals surface area contributed by atoms with Gasteiger partial charge in [0, 0.05) is 19.3 Å². The van der Waals surface area contributed by atoms with Gasteiger partial charge in [0.25, 0.3) is 0 Å². The van der Waals surface area contributed by atoms with Gasteiger partial charge in [0.15, 0.2) is 5.82 Å². The van der Waals surface area contributed by atoms with Crippen molar-refractivity contribution in [2.24, 2.45) is 12.8 Å². The maximum atomic E-state index is 12.9. The molecule has 4 N–H and O–H groups in total. The summed E-state index contributed by atoms with van der Waals surface area (Å²) < 4.78 is 33.5. The van der Waals surface area contributed by atoms with Crippen molar-refractivity contribution in [2.75, 3.05) is 10.6 Å². The summed E-state index contributed by atoms with van der Waals surface area (Å²) in [4.78, 5) is 8.92. The molecular formula is C27H36ClN7O3S. The van der Waals surface area contributed by atoms with Gasteiger partial charge in [-0.3, -0.25) is 4.68 Å². The molecule has 10 nitrogen and oxygen atoms in total. The van der Waals surface area contributed by atoms with E-state index in [9.17, 15) is 8.42 Å². The van der Waals surface area contributed by atoms with Gasteiger partial charge in [0.2, 0.25) is 20.8 Å². The van der Waals surface area contributed by atoms with Crippen molar-refractivity contribution in [1.29, 1.82) is 0 Å². The van der Waals surface area contributed by atoms with Crippen LogP contribution in [-0.2, 0) is 16.9 Å². The highest BCUT2D eigenvalue weighted by Crippen LogP contribution is 2.41. The molecule has 210 valence electrons. The summed E-state index contributed by atoms with van der Waals surface area (Å²) in [6, 6.07) is 4.54. The lowest BCUT2D eigenvalue weighted by Gasteiger charge is -2.28. The molecule has 3 aromatic rings. The molecule has 2 aromatic heterocycles. The maximum absolute atomic E-state index is 12.9. The molecule has 5 rings (SSSR count). The maximum Gasteiger partial charge on any atom is 0.229 e. The Morgan fingerprint density at radius 1 is 1.10 bits per heavy atom. The van der Waals surface area contributed by atoms with E-state index in [1.807, 2.05) is 0 Å². The third kappa shape index (κ3) is 6.15. The number of hydrogen-bond donors (Lipinski definition) is 3. The summed E-state index contributed by atoms with van der Waals surface area (Å²) in [5.74, 6) is 1.81. The minimum absolute atomic E-state index is 0.0563. The number of nitrogens with two attached hydrogens (primary N) is 1. The number of sulfone groups is 1. The van der Waals surface area contributed by atoms with Crippen molar-refractivity contribution in [1.82, 2.24) is 19.7 Å². The van der Waals surface area contributed by atoms with Gasteiger partial charge in [-0.2, -0.15) is 10.1 Å². The number of aromatic nitrogens is 4. The molecule has 2 fully saturated rings. The van der Waals surface area contributed by atoms with Gasteiger partial charge in [-0.25, -0.2) is 13.4 Å². The Kier molecular flexibility index (Phi) is 7.76. The van der Waals surface area contributed by atoms with E-state index in [-0.39, 0.29) is 22.0 Å². The summed E-state index contributed by atoms with van der Waals surface area (Å²) in [6.07, 6.45) is 9.59. The molecule has 0 aliphatic heterocycles. The first-order chi connectivity index (χ1) is 18.5. The van der Waals surface area contributed by atoms with Crippen molar-refractivity contribution in [3.8, 4) is 5.75 Å². The monoisotopic (exact) mass is 573 g/mol. The molecule has 12 heteroatoms. The predicted molar refractivity (Wildman–Crippen MR) is 153 cm³/mol. The summed E-state index contributed by atoms with van der Waals surface area (Å²) >= 11 is 6.41. The standard InChI is InChI=1S/C27H36ClN7O3S/c1-15(2)39(36,37)26-23(14-35(4)34-26)31-25-21(28)13-30-27(33-25)32-22-11-16(3)20(12-24(22)38-19-9-10-19)17-5-7-18(29)8-6-17/h11-15,17-19H,5-10,29H2,1-4H3,(H2,30,31,32,33). The smallest absolute Gasteiger partial charge is 0.229 e. The molecule has 0 atom stereocenters. The molecule has 2 aliphatic carbocycles. The second-order valence-electron chi connectivity index (χ2n) is 10.9. The average Bonchev–Trinajstić information content (AvgIpc) is 3.62. The van der Waals surface area contributed by atoms with E-state index < -0.39 is 15.1 Å². The largest absolute Gasteiger partial charge is 0.488 e. The lowest BCUT2D eigenvalue weighted by molar-refractivity contribution is 0.303. The molecule has 0 amide bonds. The zero-order valence-electron chi connectivity index (χ0n) is 22.7. The van der Waals surface area contributed by atoms with E-state index in [1.54, 1.807) is 27.1 Å². The number of anilines is 4. The quantitative estimate of drug-likeness (QED) is 0.308. The molecule has 0 radical (unpaired) electrons. The van der Waals surface area contributed by atoms with Crippen LogP contribution in [0, 0.1) is 6.92 Å². The molecule has 0 unspecified atom stereocenters. The van der Waals surface area contributed by atoms with Crippen LogP contribution >= 0.6 is 11.6 Å². The Labute approximate surface area is 234 Å². The third-order valence-corrected chi connectivity index (χ3v) is 9.68. The molecule has 0 saturated heterocycles. The highest BCUT2D eigenvalue weighted by Gasteiger charge is 2.29. The van der Waals surface area contributed by atoms with Crippen molar-refractivity contribution < 1.29 is 13.2 Å². The van der Waals surface area contributed by atoms with Crippen LogP contribution in [0.15, 0.2) is 29.6 Å². The Hall–Kier alpha value is -2.89. The van der Waals surface area contributed by atoms with Crippen molar-refractivity contribution in [3.05, 3.63) is 40.7 Å². The lowest BCUT2D eigenvalue weighted by atomic mass is 9.80. The highest BCUT2D eigenvalue weighted by molar-refractivity contribution is 7.92. The topological polar surface area (TPSA) is 137 Å². The number of hydrogen-bond acceptors (Lipinski definition) is 9. The fourth-order valence-corrected chi connectivity index (χ4v) is 6.12. The van der Waals surface area contributed by atoms with E-state index in [1.165, 1.54) is 22.0 Å². The van der Waals surface area contributed by atoms with E-state index in [0.717, 1.165) is 50.0 Å². The Balaban J connectivity index is 1.43. The van der Waals surface area contributed by atoms with Gasteiger partial charge in [-0.15, -0.1) is 0 Å². The molecule has 1 aromatic carbocycles.